The molecule has 3 rings (SSSR count). The van der Waals surface area contributed by atoms with Crippen LogP contribution in [0.25, 0.3) is 0 Å². The fourth-order valence-electron chi connectivity index (χ4n) is 2.68. The number of thiazole rings is 1. The zero-order valence-electron chi connectivity index (χ0n) is 9.29. The number of fused-ring (bicyclic) bond motifs is 1. The molecule has 2 heterocycles. The molecule has 0 aromatic carbocycles. The summed E-state index contributed by atoms with van der Waals surface area (Å²) in [6, 6.07) is 0. The van der Waals surface area contributed by atoms with Gasteiger partial charge in [0, 0.05) is 30.1 Å². The van der Waals surface area contributed by atoms with Gasteiger partial charge in [-0.2, -0.15) is 0 Å². The van der Waals surface area contributed by atoms with Gasteiger partial charge in [-0.05, 0) is 18.8 Å². The number of carbonyl (C=O) groups is 2. The van der Waals surface area contributed by atoms with E-state index >= 15 is 0 Å². The predicted octanol–water partition coefficient (Wildman–Crippen LogP) is 1.49. The highest BCUT2D eigenvalue weighted by Crippen LogP contribution is 2.53. The topological polar surface area (TPSA) is 70.5 Å². The minimum absolute atomic E-state index is 0.0103. The lowest BCUT2D eigenvalue weighted by molar-refractivity contribution is 0.0934. The quantitative estimate of drug-likeness (QED) is 0.809. The van der Waals surface area contributed by atoms with Crippen LogP contribution >= 0.6 is 11.3 Å². The van der Waals surface area contributed by atoms with E-state index in [-0.39, 0.29) is 23.5 Å². The summed E-state index contributed by atoms with van der Waals surface area (Å²) in [7, 11) is 0. The van der Waals surface area contributed by atoms with Gasteiger partial charge in [-0.1, -0.05) is 0 Å². The number of nitrogens with zero attached hydrogens (tertiary/aromatic N) is 2. The Morgan fingerprint density at radius 1 is 1.47 bits per heavy atom. The molecular weight excluding hydrogens is 240 g/mol. The highest BCUT2D eigenvalue weighted by Gasteiger charge is 2.60. The first-order valence-electron chi connectivity index (χ1n) is 5.52. The maximum Gasteiger partial charge on any atom is 0.407 e. The maximum atomic E-state index is 12.1. The highest BCUT2D eigenvalue weighted by atomic mass is 32.1. The Hall–Kier alpha value is -1.43. The maximum absolute atomic E-state index is 12.1. The third-order valence-electron chi connectivity index (χ3n) is 3.60. The zero-order valence-corrected chi connectivity index (χ0v) is 10.1. The van der Waals surface area contributed by atoms with Crippen LogP contribution in [0.2, 0.25) is 0 Å². The van der Waals surface area contributed by atoms with Crippen molar-refractivity contribution in [3.63, 3.8) is 0 Å². The molecule has 0 bridgehead atoms. The number of aromatic nitrogens is 1. The first-order chi connectivity index (χ1) is 8.08. The number of carbonyl (C=O) groups excluding carboxylic acids is 1. The molecule has 3 atom stereocenters. The van der Waals surface area contributed by atoms with Crippen molar-refractivity contribution in [3.05, 3.63) is 16.1 Å². The van der Waals surface area contributed by atoms with Gasteiger partial charge >= 0.3 is 6.09 Å². The second-order valence-electron chi connectivity index (χ2n) is 4.70. The van der Waals surface area contributed by atoms with E-state index in [4.69, 9.17) is 5.11 Å². The molecule has 2 fully saturated rings. The number of piperidine rings is 1. The molecule has 1 aliphatic heterocycles. The van der Waals surface area contributed by atoms with Gasteiger partial charge in [0.1, 0.15) is 0 Å². The van der Waals surface area contributed by atoms with Crippen molar-refractivity contribution in [1.29, 1.82) is 0 Å². The average Bonchev–Trinajstić information content (AvgIpc) is 2.69. The van der Waals surface area contributed by atoms with Gasteiger partial charge in [-0.15, -0.1) is 11.3 Å². The van der Waals surface area contributed by atoms with E-state index < -0.39 is 6.09 Å². The number of rotatable bonds is 2. The van der Waals surface area contributed by atoms with Gasteiger partial charge in [0.2, 0.25) is 0 Å². The summed E-state index contributed by atoms with van der Waals surface area (Å²) in [5.41, 5.74) is 0.872. The van der Waals surface area contributed by atoms with Crippen LogP contribution in [0, 0.1) is 24.7 Å². The second-order valence-corrected chi connectivity index (χ2v) is 5.56. The number of likely N-dealkylation sites (tertiary alicyclic amines) is 1. The van der Waals surface area contributed by atoms with Gasteiger partial charge in [-0.3, -0.25) is 4.79 Å². The fraction of sp³-hybridized carbons (Fsp3) is 0.545. The van der Waals surface area contributed by atoms with Crippen LogP contribution in [0.1, 0.15) is 15.5 Å². The largest absolute Gasteiger partial charge is 0.465 e. The van der Waals surface area contributed by atoms with Crippen molar-refractivity contribution in [2.75, 3.05) is 13.1 Å². The molecule has 1 saturated carbocycles. The lowest BCUT2D eigenvalue weighted by Crippen LogP contribution is -2.31. The third-order valence-corrected chi connectivity index (χ3v) is 4.57. The van der Waals surface area contributed by atoms with Crippen molar-refractivity contribution < 1.29 is 14.7 Å². The second kappa shape index (κ2) is 3.53. The van der Waals surface area contributed by atoms with E-state index in [1.165, 1.54) is 16.2 Å². The minimum atomic E-state index is -0.881. The van der Waals surface area contributed by atoms with Crippen molar-refractivity contribution in [2.45, 2.75) is 6.92 Å². The predicted molar refractivity (Wildman–Crippen MR) is 61.2 cm³/mol. The van der Waals surface area contributed by atoms with Crippen molar-refractivity contribution in [1.82, 2.24) is 9.88 Å². The Bertz CT molecular complexity index is 487. The van der Waals surface area contributed by atoms with E-state index in [1.807, 2.05) is 12.3 Å². The molecule has 17 heavy (non-hydrogen) atoms. The summed E-state index contributed by atoms with van der Waals surface area (Å²) in [6.45, 7) is 2.87. The molecule has 1 aromatic heterocycles. The van der Waals surface area contributed by atoms with Crippen molar-refractivity contribution in [3.8, 4) is 0 Å². The molecule has 90 valence electrons. The van der Waals surface area contributed by atoms with Crippen LogP contribution in [-0.4, -0.2) is 40.0 Å². The summed E-state index contributed by atoms with van der Waals surface area (Å²) < 4.78 is 0. The van der Waals surface area contributed by atoms with Crippen LogP contribution in [-0.2, 0) is 0 Å². The number of hydrogen-bond acceptors (Lipinski definition) is 4. The van der Waals surface area contributed by atoms with E-state index in [9.17, 15) is 9.59 Å². The van der Waals surface area contributed by atoms with Gasteiger partial charge < -0.3 is 10.0 Å². The molecule has 1 amide bonds. The van der Waals surface area contributed by atoms with Crippen molar-refractivity contribution in [2.24, 2.45) is 17.8 Å². The summed E-state index contributed by atoms with van der Waals surface area (Å²) >= 11 is 1.38. The lowest BCUT2D eigenvalue weighted by atomic mass is 10.2. The van der Waals surface area contributed by atoms with E-state index in [0.717, 1.165) is 5.69 Å². The molecular formula is C11H12N2O3S. The molecule has 5 nitrogen and oxygen atoms in total. The van der Waals surface area contributed by atoms with Gasteiger partial charge in [-0.25, -0.2) is 9.78 Å². The molecule has 1 aromatic rings. The first-order valence-corrected chi connectivity index (χ1v) is 6.40. The van der Waals surface area contributed by atoms with Crippen LogP contribution in [0.4, 0.5) is 4.79 Å². The number of aryl methyl sites for hydroxylation is 1. The number of ketones is 1. The molecule has 0 radical (unpaired) electrons. The molecule has 0 spiro atoms. The zero-order chi connectivity index (χ0) is 12.2. The summed E-state index contributed by atoms with van der Waals surface area (Å²) in [6.07, 6.45) is -0.881. The van der Waals surface area contributed by atoms with E-state index in [0.29, 0.717) is 18.1 Å². The minimum Gasteiger partial charge on any atom is -0.465 e. The Morgan fingerprint density at radius 2 is 2.12 bits per heavy atom. The smallest absolute Gasteiger partial charge is 0.407 e. The fourth-order valence-corrected chi connectivity index (χ4v) is 3.47. The summed E-state index contributed by atoms with van der Waals surface area (Å²) in [5, 5.41) is 11.3. The van der Waals surface area contributed by atoms with Crippen LogP contribution < -0.4 is 0 Å². The monoisotopic (exact) mass is 252 g/mol. The molecule has 1 aliphatic carbocycles. The molecule has 2 aliphatic rings. The normalized spacial score (nSPS) is 30.2. The molecule has 1 saturated heterocycles. The van der Waals surface area contributed by atoms with E-state index in [2.05, 4.69) is 4.98 Å². The molecule has 6 heteroatoms. The van der Waals surface area contributed by atoms with Gasteiger partial charge in [0.05, 0.1) is 0 Å². The van der Waals surface area contributed by atoms with E-state index in [1.54, 1.807) is 0 Å². The van der Waals surface area contributed by atoms with Crippen LogP contribution in [0.5, 0.6) is 0 Å². The Balaban J connectivity index is 1.67. The Kier molecular flexibility index (Phi) is 2.22. The lowest BCUT2D eigenvalue weighted by Gasteiger charge is -2.14. The first kappa shape index (κ1) is 10.7. The SMILES string of the molecule is Cc1csc(C(=O)C2[C@H]3CN(C(=O)O)C[C@@H]23)n1. The average molecular weight is 252 g/mol. The molecule has 1 N–H and O–H groups in total. The summed E-state index contributed by atoms with van der Waals surface area (Å²) in [5.74, 6) is 0.560. The summed E-state index contributed by atoms with van der Waals surface area (Å²) in [4.78, 5) is 28.4. The standard InChI is InChI=1S/C11H12N2O3S/c1-5-4-17-10(12-5)9(14)8-6-2-13(11(15)16)3-7(6)8/h4,6-8H,2-3H2,1H3,(H,15,16)/t6-,7+,8?. The van der Waals surface area contributed by atoms with Gasteiger partial charge in [0.15, 0.2) is 10.8 Å². The van der Waals surface area contributed by atoms with Gasteiger partial charge in [0.25, 0.3) is 0 Å². The number of Topliss-reactive ketones (excluding diaryl/α,β-unsaturated/α-hetero) is 1. The van der Waals surface area contributed by atoms with Crippen LogP contribution in [0.3, 0.4) is 0 Å². The number of hydrogen-bond donors (Lipinski definition) is 1. The number of carboxylic acid groups (broad SMARTS) is 1. The Morgan fingerprint density at radius 3 is 2.59 bits per heavy atom. The number of amides is 1. The third kappa shape index (κ3) is 1.63. The Labute approximate surface area is 102 Å². The molecule has 1 unspecified atom stereocenters. The van der Waals surface area contributed by atoms with Crippen LogP contribution in [0.15, 0.2) is 5.38 Å². The highest BCUT2D eigenvalue weighted by molar-refractivity contribution is 7.11. The van der Waals surface area contributed by atoms with Crippen molar-refractivity contribution >= 4 is 23.2 Å².